The third-order valence-corrected chi connectivity index (χ3v) is 5.32. The van der Waals surface area contributed by atoms with Crippen LogP contribution in [0.1, 0.15) is 43.0 Å². The molecule has 25 heavy (non-hydrogen) atoms. The van der Waals surface area contributed by atoms with Crippen molar-refractivity contribution in [1.29, 1.82) is 0 Å². The summed E-state index contributed by atoms with van der Waals surface area (Å²) in [7, 11) is 0. The molecule has 6 nitrogen and oxygen atoms in total. The molecule has 1 aromatic heterocycles. The second-order valence-corrected chi connectivity index (χ2v) is 7.02. The number of piperidine rings is 1. The minimum Gasteiger partial charge on any atom is -0.423 e. The number of oxazole rings is 1. The van der Waals surface area contributed by atoms with E-state index in [0.29, 0.717) is 29.7 Å². The Balaban J connectivity index is 1.49. The highest BCUT2D eigenvalue weighted by atomic mass is 16.4. The first kappa shape index (κ1) is 16.4. The number of carbonyl (C=O) groups is 1. The molecule has 1 N–H and O–H groups in total. The third kappa shape index (κ3) is 3.35. The molecule has 1 atom stereocenters. The van der Waals surface area contributed by atoms with E-state index in [9.17, 15) is 4.79 Å². The van der Waals surface area contributed by atoms with Crippen molar-refractivity contribution < 1.29 is 9.21 Å². The van der Waals surface area contributed by atoms with E-state index in [1.54, 1.807) is 12.1 Å². The van der Waals surface area contributed by atoms with Crippen molar-refractivity contribution in [3.8, 4) is 0 Å². The van der Waals surface area contributed by atoms with E-state index < -0.39 is 0 Å². The Morgan fingerprint density at radius 3 is 2.92 bits per heavy atom. The van der Waals surface area contributed by atoms with Crippen molar-refractivity contribution in [2.45, 2.75) is 38.6 Å². The number of hydrogen-bond acceptors (Lipinski definition) is 5. The Labute approximate surface area is 148 Å². The number of rotatable bonds is 4. The number of benzene rings is 1. The van der Waals surface area contributed by atoms with E-state index in [-0.39, 0.29) is 5.91 Å². The number of nitrogens with one attached hydrogen (secondary N) is 1. The van der Waals surface area contributed by atoms with Gasteiger partial charge < -0.3 is 14.6 Å². The number of fused-ring (bicyclic) bond motifs is 1. The van der Waals surface area contributed by atoms with Crippen LogP contribution in [0.2, 0.25) is 0 Å². The van der Waals surface area contributed by atoms with Gasteiger partial charge in [-0.15, -0.1) is 0 Å². The van der Waals surface area contributed by atoms with Crippen molar-refractivity contribution in [2.75, 3.05) is 37.6 Å². The smallest absolute Gasteiger partial charge is 0.298 e. The fourth-order valence-electron chi connectivity index (χ4n) is 3.95. The molecular formula is C19H26N4O2. The SMILES string of the molecule is CCNC(=O)c1ccc2nc(N3CC[C@@H](N4CCCCC4)C3)oc2c1. The molecule has 0 saturated carbocycles. The molecule has 0 aliphatic carbocycles. The molecule has 2 fully saturated rings. The number of hydrogen-bond donors (Lipinski definition) is 1. The summed E-state index contributed by atoms with van der Waals surface area (Å²) in [6, 6.07) is 6.75. The number of carbonyl (C=O) groups excluding carboxylic acids is 1. The van der Waals surface area contributed by atoms with Crippen LogP contribution in [-0.4, -0.2) is 54.6 Å². The topological polar surface area (TPSA) is 61.6 Å². The first-order valence-electron chi connectivity index (χ1n) is 9.42. The van der Waals surface area contributed by atoms with E-state index in [2.05, 4.69) is 20.1 Å². The van der Waals surface area contributed by atoms with Crippen molar-refractivity contribution in [3.05, 3.63) is 23.8 Å². The molecule has 0 radical (unpaired) electrons. The number of likely N-dealkylation sites (tertiary alicyclic amines) is 1. The van der Waals surface area contributed by atoms with Gasteiger partial charge in [0.1, 0.15) is 5.52 Å². The minimum absolute atomic E-state index is 0.0753. The van der Waals surface area contributed by atoms with E-state index in [4.69, 9.17) is 4.42 Å². The van der Waals surface area contributed by atoms with Gasteiger partial charge in [0, 0.05) is 31.2 Å². The zero-order valence-electron chi connectivity index (χ0n) is 14.8. The van der Waals surface area contributed by atoms with Crippen LogP contribution in [-0.2, 0) is 0 Å². The predicted molar refractivity (Wildman–Crippen MR) is 98.1 cm³/mol. The first-order chi connectivity index (χ1) is 12.2. The second-order valence-electron chi connectivity index (χ2n) is 7.02. The van der Waals surface area contributed by atoms with Gasteiger partial charge in [-0.1, -0.05) is 6.42 Å². The second kappa shape index (κ2) is 7.04. The van der Waals surface area contributed by atoms with Crippen LogP contribution < -0.4 is 10.2 Å². The van der Waals surface area contributed by atoms with Crippen LogP contribution >= 0.6 is 0 Å². The maximum absolute atomic E-state index is 12.0. The molecule has 2 aliphatic heterocycles. The zero-order valence-corrected chi connectivity index (χ0v) is 14.8. The van der Waals surface area contributed by atoms with Gasteiger partial charge in [0.05, 0.1) is 0 Å². The highest BCUT2D eigenvalue weighted by molar-refractivity contribution is 5.97. The highest BCUT2D eigenvalue weighted by Crippen LogP contribution is 2.28. The van der Waals surface area contributed by atoms with Crippen LogP contribution in [0.15, 0.2) is 22.6 Å². The average Bonchev–Trinajstić information content (AvgIpc) is 3.29. The number of amides is 1. The van der Waals surface area contributed by atoms with Crippen LogP contribution in [0.5, 0.6) is 0 Å². The van der Waals surface area contributed by atoms with Crippen LogP contribution in [0.3, 0.4) is 0 Å². The molecule has 134 valence electrons. The molecule has 1 amide bonds. The van der Waals surface area contributed by atoms with Crippen LogP contribution in [0.25, 0.3) is 11.1 Å². The van der Waals surface area contributed by atoms with E-state index in [1.807, 2.05) is 13.0 Å². The first-order valence-corrected chi connectivity index (χ1v) is 9.42. The van der Waals surface area contributed by atoms with Crippen molar-refractivity contribution in [3.63, 3.8) is 0 Å². The van der Waals surface area contributed by atoms with E-state index >= 15 is 0 Å². The van der Waals surface area contributed by atoms with Gasteiger partial charge in [-0.05, 0) is 57.5 Å². The van der Waals surface area contributed by atoms with E-state index in [1.165, 1.54) is 38.8 Å². The number of anilines is 1. The molecular weight excluding hydrogens is 316 g/mol. The lowest BCUT2D eigenvalue weighted by atomic mass is 10.1. The maximum atomic E-state index is 12.0. The quantitative estimate of drug-likeness (QED) is 0.925. The summed E-state index contributed by atoms with van der Waals surface area (Å²) in [6.45, 7) is 6.94. The number of aromatic nitrogens is 1. The lowest BCUT2D eigenvalue weighted by Crippen LogP contribution is -2.40. The third-order valence-electron chi connectivity index (χ3n) is 5.32. The van der Waals surface area contributed by atoms with Crippen molar-refractivity contribution in [2.24, 2.45) is 0 Å². The molecule has 6 heteroatoms. The van der Waals surface area contributed by atoms with Crippen molar-refractivity contribution >= 4 is 23.0 Å². The lowest BCUT2D eigenvalue weighted by Gasteiger charge is -2.31. The molecule has 2 aromatic rings. The predicted octanol–water partition coefficient (Wildman–Crippen LogP) is 2.64. The Hall–Kier alpha value is -2.08. The highest BCUT2D eigenvalue weighted by Gasteiger charge is 2.30. The fourth-order valence-corrected chi connectivity index (χ4v) is 3.95. The summed E-state index contributed by atoms with van der Waals surface area (Å²) in [4.78, 5) is 21.5. The van der Waals surface area contributed by atoms with Gasteiger partial charge >= 0.3 is 0 Å². The van der Waals surface area contributed by atoms with Crippen LogP contribution in [0, 0.1) is 0 Å². The molecule has 2 aliphatic rings. The van der Waals surface area contributed by atoms with Gasteiger partial charge in [0.25, 0.3) is 11.9 Å². The summed E-state index contributed by atoms with van der Waals surface area (Å²) < 4.78 is 5.97. The standard InChI is InChI=1S/C19H26N4O2/c1-2-20-18(24)14-6-7-16-17(12-14)25-19(21-16)23-11-8-15(13-23)22-9-4-3-5-10-22/h6-7,12,15H,2-5,8-11,13H2,1H3,(H,20,24)/t15-/m1/s1. The molecule has 1 aromatic carbocycles. The van der Waals surface area contributed by atoms with Crippen LogP contribution in [0.4, 0.5) is 6.01 Å². The van der Waals surface area contributed by atoms with Gasteiger partial charge in [0.2, 0.25) is 0 Å². The monoisotopic (exact) mass is 342 g/mol. The molecule has 4 rings (SSSR count). The molecule has 0 spiro atoms. The summed E-state index contributed by atoms with van der Waals surface area (Å²) >= 11 is 0. The fraction of sp³-hybridized carbons (Fsp3) is 0.579. The zero-order chi connectivity index (χ0) is 17.2. The van der Waals surface area contributed by atoms with Gasteiger partial charge in [-0.25, -0.2) is 0 Å². The lowest BCUT2D eigenvalue weighted by molar-refractivity contribution is 0.0956. The summed E-state index contributed by atoms with van der Waals surface area (Å²) in [5.74, 6) is -0.0753. The molecule has 0 bridgehead atoms. The van der Waals surface area contributed by atoms with Crippen molar-refractivity contribution in [1.82, 2.24) is 15.2 Å². The Morgan fingerprint density at radius 2 is 2.12 bits per heavy atom. The average molecular weight is 342 g/mol. The summed E-state index contributed by atoms with van der Waals surface area (Å²) in [5.41, 5.74) is 2.11. The number of nitrogens with zero attached hydrogens (tertiary/aromatic N) is 3. The Bertz CT molecular complexity index is 751. The molecule has 3 heterocycles. The van der Waals surface area contributed by atoms with E-state index in [0.717, 1.165) is 18.6 Å². The Kier molecular flexibility index (Phi) is 4.61. The molecule has 2 saturated heterocycles. The minimum atomic E-state index is -0.0753. The van der Waals surface area contributed by atoms with Gasteiger partial charge in [-0.3, -0.25) is 9.69 Å². The van der Waals surface area contributed by atoms with Gasteiger partial charge in [-0.2, -0.15) is 4.98 Å². The summed E-state index contributed by atoms with van der Waals surface area (Å²) in [6.07, 6.45) is 5.18. The maximum Gasteiger partial charge on any atom is 0.298 e. The Morgan fingerprint density at radius 1 is 1.28 bits per heavy atom. The molecule has 0 unspecified atom stereocenters. The summed E-state index contributed by atoms with van der Waals surface area (Å²) in [5, 5.41) is 2.81. The largest absolute Gasteiger partial charge is 0.423 e. The van der Waals surface area contributed by atoms with Gasteiger partial charge in [0.15, 0.2) is 5.58 Å². The normalized spacial score (nSPS) is 21.8.